The zero-order valence-electron chi connectivity index (χ0n) is 26.6. The predicted molar refractivity (Wildman–Crippen MR) is 172 cm³/mol. The molecule has 0 radical (unpaired) electrons. The lowest BCUT2D eigenvalue weighted by molar-refractivity contribution is -0.214. The van der Waals surface area contributed by atoms with Crippen LogP contribution in [0.4, 0.5) is 14.5 Å². The number of aryl methyl sites for hydroxylation is 1. The van der Waals surface area contributed by atoms with E-state index in [2.05, 4.69) is 0 Å². The second-order valence-electron chi connectivity index (χ2n) is 13.1. The lowest BCUT2D eigenvalue weighted by Gasteiger charge is -2.48. The normalized spacial score (nSPS) is 21.4. The average molecular weight is 663 g/mol. The minimum absolute atomic E-state index is 0.0772. The zero-order chi connectivity index (χ0) is 33.8. The third kappa shape index (κ3) is 7.43. The van der Waals surface area contributed by atoms with Crippen LogP contribution in [0.15, 0.2) is 72.8 Å². The largest absolute Gasteiger partial charge is 0.481 e. The van der Waals surface area contributed by atoms with Gasteiger partial charge in [0.1, 0.15) is 23.8 Å². The predicted octanol–water partition coefficient (Wildman–Crippen LogP) is 5.22. The zero-order valence-corrected chi connectivity index (χ0v) is 26.6. The number of β-lactam (4-membered cyclic amide) rings is 1. The number of halogens is 2. The van der Waals surface area contributed by atoms with E-state index in [1.807, 2.05) is 24.3 Å². The number of ether oxygens (including phenoxy) is 2. The van der Waals surface area contributed by atoms with Crippen LogP contribution in [0.1, 0.15) is 60.9 Å². The number of hydrogen-bond acceptors (Lipinski definition) is 6. The number of carbonyl (C=O) groups is 3. The van der Waals surface area contributed by atoms with Crippen molar-refractivity contribution in [3.8, 4) is 0 Å². The molecule has 48 heavy (non-hydrogen) atoms. The number of rotatable bonds is 13. The number of benzene rings is 3. The molecule has 11 heteroatoms. The van der Waals surface area contributed by atoms with E-state index in [9.17, 15) is 33.4 Å². The molecule has 0 spiro atoms. The van der Waals surface area contributed by atoms with Crippen molar-refractivity contribution in [3.63, 3.8) is 0 Å². The molecular formula is C37H40F2N2O7. The third-order valence-corrected chi connectivity index (χ3v) is 9.94. The van der Waals surface area contributed by atoms with Crippen LogP contribution >= 0.6 is 0 Å². The number of anilines is 1. The van der Waals surface area contributed by atoms with Crippen molar-refractivity contribution in [3.05, 3.63) is 101 Å². The van der Waals surface area contributed by atoms with Crippen LogP contribution in [0.3, 0.4) is 0 Å². The highest BCUT2D eigenvalue weighted by Gasteiger charge is 2.48. The Morgan fingerprint density at radius 3 is 2.15 bits per heavy atom. The second kappa shape index (κ2) is 14.5. The molecule has 6 rings (SSSR count). The number of hydrogen-bond donors (Lipinski definition) is 2. The maximum absolute atomic E-state index is 13.7. The standard InChI is InChI=1S/C37H40F2N2O7/c38-28-7-5-25(6-8-28)32(42)14-13-31-34(41(35(31)44)30-11-9-29(39)10-12-30)26-3-1-24(2-4-26)15-18-37(22-47-23-37)48-21-33(43)40-19-16-27(17-20-40)36(45)46/h1-12,27,31-32,34,42H,13-23H2,(H,45,46)/t31-,32+,34?/m1/s1. The van der Waals surface area contributed by atoms with Crippen molar-refractivity contribution in [2.45, 2.75) is 56.3 Å². The summed E-state index contributed by atoms with van der Waals surface area (Å²) in [5, 5.41) is 19.9. The molecule has 3 heterocycles. The molecule has 0 aromatic heterocycles. The van der Waals surface area contributed by atoms with Gasteiger partial charge < -0.3 is 29.5 Å². The van der Waals surface area contributed by atoms with Gasteiger partial charge in [0.15, 0.2) is 0 Å². The van der Waals surface area contributed by atoms with Crippen LogP contribution < -0.4 is 4.90 Å². The van der Waals surface area contributed by atoms with E-state index in [1.165, 1.54) is 24.3 Å². The summed E-state index contributed by atoms with van der Waals surface area (Å²) >= 11 is 0. The molecule has 9 nitrogen and oxygen atoms in total. The molecule has 3 aromatic carbocycles. The van der Waals surface area contributed by atoms with Gasteiger partial charge in [0.05, 0.1) is 37.2 Å². The Balaban J connectivity index is 1.08. The summed E-state index contributed by atoms with van der Waals surface area (Å²) in [4.78, 5) is 40.7. The Morgan fingerprint density at radius 1 is 0.938 bits per heavy atom. The van der Waals surface area contributed by atoms with Crippen molar-refractivity contribution >= 4 is 23.5 Å². The number of aliphatic carboxylic acids is 1. The number of aliphatic hydroxyl groups is 1. The summed E-state index contributed by atoms with van der Waals surface area (Å²) in [6, 6.07) is 19.2. The van der Waals surface area contributed by atoms with Gasteiger partial charge in [-0.05, 0) is 91.6 Å². The molecule has 3 aromatic rings. The van der Waals surface area contributed by atoms with E-state index in [0.717, 1.165) is 11.1 Å². The number of carboxylic acid groups (broad SMARTS) is 1. The van der Waals surface area contributed by atoms with Crippen LogP contribution in [-0.4, -0.2) is 71.4 Å². The summed E-state index contributed by atoms with van der Waals surface area (Å²) < 4.78 is 38.6. The Labute approximate surface area is 278 Å². The first kappa shape index (κ1) is 33.7. The Morgan fingerprint density at radius 2 is 1.56 bits per heavy atom. The van der Waals surface area contributed by atoms with Gasteiger partial charge in [0.25, 0.3) is 0 Å². The van der Waals surface area contributed by atoms with Crippen molar-refractivity contribution in [2.24, 2.45) is 11.8 Å². The first-order valence-electron chi connectivity index (χ1n) is 16.5. The lowest BCUT2D eigenvalue weighted by Crippen LogP contribution is -2.55. The van der Waals surface area contributed by atoms with Gasteiger partial charge in [-0.2, -0.15) is 0 Å². The number of carbonyl (C=O) groups excluding carboxylic acids is 2. The molecule has 3 aliphatic rings. The van der Waals surface area contributed by atoms with Gasteiger partial charge >= 0.3 is 5.97 Å². The van der Waals surface area contributed by atoms with E-state index in [1.54, 1.807) is 34.1 Å². The first-order chi connectivity index (χ1) is 23.1. The van der Waals surface area contributed by atoms with Crippen molar-refractivity contribution < 1.29 is 42.9 Å². The van der Waals surface area contributed by atoms with E-state index < -0.39 is 35.3 Å². The van der Waals surface area contributed by atoms with Gasteiger partial charge in [-0.25, -0.2) is 8.78 Å². The molecule has 0 bridgehead atoms. The smallest absolute Gasteiger partial charge is 0.306 e. The number of nitrogens with zero attached hydrogens (tertiary/aromatic N) is 2. The molecule has 0 aliphatic carbocycles. The summed E-state index contributed by atoms with van der Waals surface area (Å²) in [7, 11) is 0. The number of piperidine rings is 1. The highest BCUT2D eigenvalue weighted by molar-refractivity contribution is 6.03. The molecule has 2 N–H and O–H groups in total. The van der Waals surface area contributed by atoms with Crippen LogP contribution in [0, 0.1) is 23.5 Å². The van der Waals surface area contributed by atoms with E-state index >= 15 is 0 Å². The maximum Gasteiger partial charge on any atom is 0.306 e. The van der Waals surface area contributed by atoms with E-state index in [-0.39, 0.29) is 30.3 Å². The highest BCUT2D eigenvalue weighted by atomic mass is 19.1. The van der Waals surface area contributed by atoms with Gasteiger partial charge in [0.2, 0.25) is 11.8 Å². The van der Waals surface area contributed by atoms with Crippen molar-refractivity contribution in [2.75, 3.05) is 37.8 Å². The number of carboxylic acids is 1. The fourth-order valence-electron chi connectivity index (χ4n) is 6.86. The van der Waals surface area contributed by atoms with Gasteiger partial charge in [0, 0.05) is 18.8 Å². The highest BCUT2D eigenvalue weighted by Crippen LogP contribution is 2.46. The number of amides is 2. The Bertz CT molecular complexity index is 1590. The summed E-state index contributed by atoms with van der Waals surface area (Å²) in [5.41, 5.74) is 2.58. The fraction of sp³-hybridized carbons (Fsp3) is 0.432. The molecule has 3 atom stereocenters. The number of likely N-dealkylation sites (tertiary alicyclic amines) is 1. The Kier molecular flexibility index (Phi) is 10.2. The van der Waals surface area contributed by atoms with Crippen LogP contribution in [0.2, 0.25) is 0 Å². The molecule has 254 valence electrons. The molecule has 0 saturated carbocycles. The molecule has 3 aliphatic heterocycles. The Hall–Kier alpha value is -4.19. The van der Waals surface area contributed by atoms with Crippen LogP contribution in [-0.2, 0) is 30.3 Å². The monoisotopic (exact) mass is 662 g/mol. The molecule has 3 fully saturated rings. The molecule has 1 unspecified atom stereocenters. The molecule has 2 amide bonds. The van der Waals surface area contributed by atoms with Gasteiger partial charge in [-0.1, -0.05) is 36.4 Å². The van der Waals surface area contributed by atoms with Gasteiger partial charge in [-0.3, -0.25) is 14.4 Å². The summed E-state index contributed by atoms with van der Waals surface area (Å²) in [6.07, 6.45) is 2.11. The second-order valence-corrected chi connectivity index (χ2v) is 13.1. The van der Waals surface area contributed by atoms with Crippen molar-refractivity contribution in [1.82, 2.24) is 4.90 Å². The average Bonchev–Trinajstić information content (AvgIpc) is 3.08. The summed E-state index contributed by atoms with van der Waals surface area (Å²) in [6.45, 7) is 1.53. The number of aliphatic hydroxyl groups excluding tert-OH is 1. The molecule has 3 saturated heterocycles. The van der Waals surface area contributed by atoms with Gasteiger partial charge in [-0.15, -0.1) is 0 Å². The lowest BCUT2D eigenvalue weighted by atomic mass is 9.78. The maximum atomic E-state index is 13.7. The first-order valence-corrected chi connectivity index (χ1v) is 16.5. The minimum atomic E-state index is -0.842. The fourth-order valence-corrected chi connectivity index (χ4v) is 6.86. The topological polar surface area (TPSA) is 117 Å². The minimum Gasteiger partial charge on any atom is -0.481 e. The quantitative estimate of drug-likeness (QED) is 0.241. The van der Waals surface area contributed by atoms with Crippen LogP contribution in [0.25, 0.3) is 0 Å². The van der Waals surface area contributed by atoms with Crippen molar-refractivity contribution in [1.29, 1.82) is 0 Å². The third-order valence-electron chi connectivity index (χ3n) is 9.94. The summed E-state index contributed by atoms with van der Waals surface area (Å²) in [5.74, 6) is -2.65. The molecular weight excluding hydrogens is 622 g/mol. The van der Waals surface area contributed by atoms with Crippen LogP contribution in [0.5, 0.6) is 0 Å². The SMILES string of the molecule is O=C(O)C1CCN(C(=O)COC2(CCc3ccc(C4[C@@H](CC[C@H](O)c5ccc(F)cc5)C(=O)N4c4ccc(F)cc4)cc3)COC2)CC1. The van der Waals surface area contributed by atoms with E-state index in [0.29, 0.717) is 76.1 Å². The van der Waals surface area contributed by atoms with E-state index in [4.69, 9.17) is 9.47 Å².